The molecule has 122 valence electrons. The normalized spacial score (nSPS) is 17.0. The number of halogens is 3. The molecule has 0 amide bonds. The van der Waals surface area contributed by atoms with Gasteiger partial charge in [-0.2, -0.15) is 0 Å². The summed E-state index contributed by atoms with van der Waals surface area (Å²) in [5, 5.41) is 4.17. The van der Waals surface area contributed by atoms with Crippen LogP contribution in [0.4, 0.5) is 5.69 Å². The minimum atomic E-state index is 0. The number of nitrogens with one attached hydrogen (secondary N) is 1. The lowest BCUT2D eigenvalue weighted by Gasteiger charge is -2.36. The SMILES string of the molecule is CC(C)C[C@@H](c1cc(Cl)ccc1N)N1CCNCC1.Cl.Cl. The first-order chi connectivity index (χ1) is 9.08. The second kappa shape index (κ2) is 9.75. The summed E-state index contributed by atoms with van der Waals surface area (Å²) in [7, 11) is 0. The maximum Gasteiger partial charge on any atom is 0.0410 e. The number of benzene rings is 1. The standard InChI is InChI=1S/C15H24ClN3.2ClH/c1-11(2)9-15(19-7-5-18-6-8-19)13-10-12(16)3-4-14(13)17;;/h3-4,10-11,15,18H,5-9,17H2,1-2H3;2*1H/t15-;;/m0../s1. The molecule has 1 aromatic rings. The number of hydrogen-bond acceptors (Lipinski definition) is 3. The molecule has 1 atom stereocenters. The predicted octanol–water partition coefficient (Wildman–Crippen LogP) is 3.76. The molecule has 21 heavy (non-hydrogen) atoms. The van der Waals surface area contributed by atoms with E-state index in [1.54, 1.807) is 0 Å². The molecule has 1 heterocycles. The molecule has 2 rings (SSSR count). The minimum absolute atomic E-state index is 0. The summed E-state index contributed by atoms with van der Waals surface area (Å²) in [5.74, 6) is 0.637. The summed E-state index contributed by atoms with van der Waals surface area (Å²) in [6, 6.07) is 6.20. The first-order valence-electron chi connectivity index (χ1n) is 7.07. The highest BCUT2D eigenvalue weighted by Crippen LogP contribution is 2.33. The number of piperazine rings is 1. The van der Waals surface area contributed by atoms with Gasteiger partial charge in [0, 0.05) is 42.9 Å². The lowest BCUT2D eigenvalue weighted by molar-refractivity contribution is 0.154. The van der Waals surface area contributed by atoms with Crippen molar-refractivity contribution in [3.63, 3.8) is 0 Å². The maximum atomic E-state index is 6.17. The number of anilines is 1. The van der Waals surface area contributed by atoms with Crippen molar-refractivity contribution in [2.24, 2.45) is 5.92 Å². The number of hydrogen-bond donors (Lipinski definition) is 2. The van der Waals surface area contributed by atoms with Crippen LogP contribution >= 0.6 is 36.4 Å². The molecule has 3 nitrogen and oxygen atoms in total. The van der Waals surface area contributed by atoms with E-state index < -0.39 is 0 Å². The molecule has 1 aromatic carbocycles. The van der Waals surface area contributed by atoms with Crippen molar-refractivity contribution in [2.75, 3.05) is 31.9 Å². The van der Waals surface area contributed by atoms with E-state index in [0.717, 1.165) is 43.3 Å². The zero-order valence-electron chi connectivity index (χ0n) is 12.6. The van der Waals surface area contributed by atoms with Gasteiger partial charge in [0.05, 0.1) is 0 Å². The number of rotatable bonds is 4. The van der Waals surface area contributed by atoms with Crippen molar-refractivity contribution < 1.29 is 0 Å². The Kier molecular flexibility index (Phi) is 9.66. The molecule has 1 aliphatic heterocycles. The molecular formula is C15H26Cl3N3. The minimum Gasteiger partial charge on any atom is -0.398 e. The fraction of sp³-hybridized carbons (Fsp3) is 0.600. The summed E-state index contributed by atoms with van der Waals surface area (Å²) in [6.07, 6.45) is 1.12. The molecular weight excluding hydrogens is 329 g/mol. The van der Waals surface area contributed by atoms with Crippen LogP contribution in [0.2, 0.25) is 5.02 Å². The summed E-state index contributed by atoms with van der Waals surface area (Å²) in [6.45, 7) is 8.77. The quantitative estimate of drug-likeness (QED) is 0.809. The van der Waals surface area contributed by atoms with Crippen LogP contribution in [-0.4, -0.2) is 31.1 Å². The molecule has 0 saturated carbocycles. The van der Waals surface area contributed by atoms with Crippen molar-refractivity contribution in [1.82, 2.24) is 10.2 Å². The van der Waals surface area contributed by atoms with Crippen LogP contribution in [0, 0.1) is 5.92 Å². The molecule has 0 aromatic heterocycles. The lowest BCUT2D eigenvalue weighted by Crippen LogP contribution is -2.45. The van der Waals surface area contributed by atoms with E-state index in [2.05, 4.69) is 24.1 Å². The molecule has 0 spiro atoms. The van der Waals surface area contributed by atoms with E-state index in [1.807, 2.05) is 18.2 Å². The second-order valence-corrected chi connectivity index (χ2v) is 6.14. The molecule has 3 N–H and O–H groups in total. The molecule has 0 aliphatic carbocycles. The summed E-state index contributed by atoms with van der Waals surface area (Å²) < 4.78 is 0. The van der Waals surface area contributed by atoms with Crippen LogP contribution in [0.5, 0.6) is 0 Å². The topological polar surface area (TPSA) is 41.3 Å². The summed E-state index contributed by atoms with van der Waals surface area (Å²) >= 11 is 6.15. The first-order valence-corrected chi connectivity index (χ1v) is 7.45. The van der Waals surface area contributed by atoms with Crippen LogP contribution in [0.1, 0.15) is 31.9 Å². The van der Waals surface area contributed by atoms with Gasteiger partial charge < -0.3 is 11.1 Å². The van der Waals surface area contributed by atoms with Crippen molar-refractivity contribution in [3.8, 4) is 0 Å². The fourth-order valence-electron chi connectivity index (χ4n) is 2.75. The van der Waals surface area contributed by atoms with Gasteiger partial charge in [-0.3, -0.25) is 4.90 Å². The Labute approximate surface area is 145 Å². The smallest absolute Gasteiger partial charge is 0.0410 e. The van der Waals surface area contributed by atoms with Gasteiger partial charge in [0.1, 0.15) is 0 Å². The van der Waals surface area contributed by atoms with E-state index in [4.69, 9.17) is 17.3 Å². The third kappa shape index (κ3) is 5.84. The highest BCUT2D eigenvalue weighted by Gasteiger charge is 2.24. The predicted molar refractivity (Wildman–Crippen MR) is 97.0 cm³/mol. The Morgan fingerprint density at radius 3 is 2.43 bits per heavy atom. The third-order valence-electron chi connectivity index (χ3n) is 3.69. The van der Waals surface area contributed by atoms with Gasteiger partial charge in [-0.25, -0.2) is 0 Å². The number of nitrogens with zero attached hydrogens (tertiary/aromatic N) is 1. The Morgan fingerprint density at radius 1 is 1.24 bits per heavy atom. The molecule has 6 heteroatoms. The number of nitrogen functional groups attached to an aromatic ring is 1. The van der Waals surface area contributed by atoms with Gasteiger partial charge in [0.2, 0.25) is 0 Å². The average molecular weight is 355 g/mol. The van der Waals surface area contributed by atoms with Crippen molar-refractivity contribution in [1.29, 1.82) is 0 Å². The van der Waals surface area contributed by atoms with Crippen molar-refractivity contribution >= 4 is 42.1 Å². The Morgan fingerprint density at radius 2 is 1.86 bits per heavy atom. The van der Waals surface area contributed by atoms with Gasteiger partial charge in [-0.1, -0.05) is 25.4 Å². The van der Waals surface area contributed by atoms with Crippen LogP contribution in [0.25, 0.3) is 0 Å². The number of nitrogens with two attached hydrogens (primary N) is 1. The van der Waals surface area contributed by atoms with Crippen molar-refractivity contribution in [2.45, 2.75) is 26.3 Å². The van der Waals surface area contributed by atoms with Gasteiger partial charge in [-0.15, -0.1) is 24.8 Å². The third-order valence-corrected chi connectivity index (χ3v) is 3.93. The molecule has 0 unspecified atom stereocenters. The van der Waals surface area contributed by atoms with Gasteiger partial charge >= 0.3 is 0 Å². The second-order valence-electron chi connectivity index (χ2n) is 5.70. The molecule has 0 radical (unpaired) electrons. The Hall–Kier alpha value is -0.190. The molecule has 1 aliphatic rings. The average Bonchev–Trinajstić information content (AvgIpc) is 2.40. The first kappa shape index (κ1) is 20.8. The van der Waals surface area contributed by atoms with Crippen LogP contribution in [0.15, 0.2) is 18.2 Å². The van der Waals surface area contributed by atoms with Gasteiger partial charge in [0.25, 0.3) is 0 Å². The van der Waals surface area contributed by atoms with Gasteiger partial charge in [-0.05, 0) is 36.1 Å². The largest absolute Gasteiger partial charge is 0.398 e. The van der Waals surface area contributed by atoms with Crippen LogP contribution < -0.4 is 11.1 Å². The molecule has 1 saturated heterocycles. The summed E-state index contributed by atoms with van der Waals surface area (Å²) in [4.78, 5) is 2.53. The van der Waals surface area contributed by atoms with E-state index >= 15 is 0 Å². The van der Waals surface area contributed by atoms with E-state index in [-0.39, 0.29) is 24.8 Å². The molecule has 1 fully saturated rings. The summed E-state index contributed by atoms with van der Waals surface area (Å²) in [5.41, 5.74) is 8.21. The fourth-order valence-corrected chi connectivity index (χ4v) is 2.93. The van der Waals surface area contributed by atoms with E-state index in [1.165, 1.54) is 5.56 Å². The van der Waals surface area contributed by atoms with E-state index in [9.17, 15) is 0 Å². The zero-order chi connectivity index (χ0) is 13.8. The zero-order valence-corrected chi connectivity index (χ0v) is 15.0. The van der Waals surface area contributed by atoms with Crippen molar-refractivity contribution in [3.05, 3.63) is 28.8 Å². The highest BCUT2D eigenvalue weighted by atomic mass is 35.5. The van der Waals surface area contributed by atoms with Gasteiger partial charge in [0.15, 0.2) is 0 Å². The Bertz CT molecular complexity index is 421. The highest BCUT2D eigenvalue weighted by molar-refractivity contribution is 6.30. The maximum absolute atomic E-state index is 6.17. The monoisotopic (exact) mass is 353 g/mol. The lowest BCUT2D eigenvalue weighted by atomic mass is 9.94. The Balaban J connectivity index is 0.00000200. The van der Waals surface area contributed by atoms with Crippen LogP contribution in [0.3, 0.4) is 0 Å². The molecule has 0 bridgehead atoms. The van der Waals surface area contributed by atoms with E-state index in [0.29, 0.717) is 12.0 Å². The van der Waals surface area contributed by atoms with Crippen LogP contribution in [-0.2, 0) is 0 Å².